The molecule has 1 rings (SSSR count). The average molecular weight is 295 g/mol. The Kier molecular flexibility index (Phi) is 7.89. The quantitative estimate of drug-likeness (QED) is 0.605. The van der Waals surface area contributed by atoms with Gasteiger partial charge in [-0.3, -0.25) is 0 Å². The van der Waals surface area contributed by atoms with Gasteiger partial charge in [0.15, 0.2) is 6.10 Å². The van der Waals surface area contributed by atoms with E-state index in [1.165, 1.54) is 0 Å². The molecule has 0 aliphatic heterocycles. The molecule has 0 aliphatic carbocycles. The summed E-state index contributed by atoms with van der Waals surface area (Å²) < 4.78 is 5.04. The fourth-order valence-corrected chi connectivity index (χ4v) is 1.73. The number of nitrogens with one attached hydrogen (secondary N) is 1. The van der Waals surface area contributed by atoms with E-state index in [2.05, 4.69) is 5.32 Å². The minimum Gasteiger partial charge on any atom is -0.479 e. The van der Waals surface area contributed by atoms with E-state index in [0.717, 1.165) is 12.0 Å². The van der Waals surface area contributed by atoms with Crippen LogP contribution in [0.25, 0.3) is 0 Å². The fourth-order valence-electron chi connectivity index (χ4n) is 1.73. The topological polar surface area (TPSA) is 95.9 Å². The number of benzene rings is 1. The van der Waals surface area contributed by atoms with Crippen LogP contribution in [-0.2, 0) is 16.1 Å². The van der Waals surface area contributed by atoms with Gasteiger partial charge in [-0.05, 0) is 18.4 Å². The summed E-state index contributed by atoms with van der Waals surface area (Å²) in [4.78, 5) is 21.8. The van der Waals surface area contributed by atoms with Gasteiger partial charge in [-0.2, -0.15) is 0 Å². The Morgan fingerprint density at radius 1 is 1.14 bits per heavy atom. The van der Waals surface area contributed by atoms with Crippen LogP contribution in [0, 0.1) is 0 Å². The monoisotopic (exact) mass is 295 g/mol. The lowest BCUT2D eigenvalue weighted by Crippen LogP contribution is -2.25. The summed E-state index contributed by atoms with van der Waals surface area (Å²) in [5, 5.41) is 20.2. The number of carbonyl (C=O) groups is 2. The van der Waals surface area contributed by atoms with Gasteiger partial charge in [0.1, 0.15) is 6.61 Å². The molecule has 1 atom stereocenters. The minimum absolute atomic E-state index is 0.230. The fraction of sp³-hybridized carbons (Fsp3) is 0.467. The highest BCUT2D eigenvalue weighted by Crippen LogP contribution is 2.04. The summed E-state index contributed by atoms with van der Waals surface area (Å²) in [6.07, 6.45) is 0.524. The van der Waals surface area contributed by atoms with Crippen LogP contribution in [0.2, 0.25) is 0 Å². The molecular formula is C15H21NO5. The van der Waals surface area contributed by atoms with Crippen molar-refractivity contribution in [2.75, 3.05) is 6.54 Å². The number of unbranched alkanes of at least 4 members (excludes halogenated alkanes) is 2. The van der Waals surface area contributed by atoms with Crippen molar-refractivity contribution in [1.82, 2.24) is 5.32 Å². The van der Waals surface area contributed by atoms with Crippen molar-refractivity contribution in [3.05, 3.63) is 35.9 Å². The maximum Gasteiger partial charge on any atom is 0.407 e. The number of aliphatic hydroxyl groups is 1. The third-order valence-corrected chi connectivity index (χ3v) is 2.92. The number of aliphatic carboxylic acids is 1. The summed E-state index contributed by atoms with van der Waals surface area (Å²) in [5.41, 5.74) is 0.926. The van der Waals surface area contributed by atoms with Gasteiger partial charge in [0.25, 0.3) is 0 Å². The van der Waals surface area contributed by atoms with Crippen LogP contribution in [0.5, 0.6) is 0 Å². The van der Waals surface area contributed by atoms with Gasteiger partial charge < -0.3 is 20.3 Å². The van der Waals surface area contributed by atoms with Crippen LogP contribution in [0.1, 0.15) is 31.2 Å². The molecule has 1 aromatic rings. The summed E-state index contributed by atoms with van der Waals surface area (Å²) in [6, 6.07) is 9.40. The van der Waals surface area contributed by atoms with Gasteiger partial charge in [0.2, 0.25) is 0 Å². The maximum atomic E-state index is 11.4. The lowest BCUT2D eigenvalue weighted by atomic mass is 10.1. The van der Waals surface area contributed by atoms with E-state index in [-0.39, 0.29) is 13.0 Å². The van der Waals surface area contributed by atoms with Crippen molar-refractivity contribution in [2.45, 2.75) is 38.4 Å². The van der Waals surface area contributed by atoms with Crippen molar-refractivity contribution >= 4 is 12.1 Å². The summed E-state index contributed by atoms with van der Waals surface area (Å²) in [5.74, 6) is -1.20. The highest BCUT2D eigenvalue weighted by molar-refractivity contribution is 5.71. The lowest BCUT2D eigenvalue weighted by Gasteiger charge is -2.07. The second-order valence-corrected chi connectivity index (χ2v) is 4.69. The molecule has 0 aromatic heterocycles. The Labute approximate surface area is 123 Å². The van der Waals surface area contributed by atoms with Crippen LogP contribution in [0.3, 0.4) is 0 Å². The first-order valence-electron chi connectivity index (χ1n) is 6.95. The molecule has 0 saturated carbocycles. The number of carboxylic acids is 1. The van der Waals surface area contributed by atoms with Crippen molar-refractivity contribution in [1.29, 1.82) is 0 Å². The van der Waals surface area contributed by atoms with E-state index < -0.39 is 18.2 Å². The molecule has 0 saturated heterocycles. The predicted molar refractivity (Wildman–Crippen MR) is 76.7 cm³/mol. The Morgan fingerprint density at radius 2 is 1.86 bits per heavy atom. The number of hydrogen-bond donors (Lipinski definition) is 3. The van der Waals surface area contributed by atoms with E-state index in [1.807, 2.05) is 30.3 Å². The largest absolute Gasteiger partial charge is 0.479 e. The standard InChI is InChI=1S/C15H21NO5/c17-13(14(18)19)9-5-2-6-10-16-15(20)21-11-12-7-3-1-4-8-12/h1,3-4,7-8,13,17H,2,5-6,9-11H2,(H,16,20)(H,18,19). The highest BCUT2D eigenvalue weighted by atomic mass is 16.5. The maximum absolute atomic E-state index is 11.4. The number of alkyl carbamates (subject to hydrolysis) is 1. The smallest absolute Gasteiger partial charge is 0.407 e. The molecule has 21 heavy (non-hydrogen) atoms. The zero-order chi connectivity index (χ0) is 15.5. The van der Waals surface area contributed by atoms with Crippen molar-refractivity contribution in [3.8, 4) is 0 Å². The first-order valence-corrected chi connectivity index (χ1v) is 6.95. The minimum atomic E-state index is -1.30. The zero-order valence-corrected chi connectivity index (χ0v) is 11.8. The summed E-state index contributed by atoms with van der Waals surface area (Å²) in [6.45, 7) is 0.703. The van der Waals surface area contributed by atoms with Crippen molar-refractivity contribution in [3.63, 3.8) is 0 Å². The zero-order valence-electron chi connectivity index (χ0n) is 11.8. The Bertz CT molecular complexity index is 435. The molecule has 0 aliphatic rings. The number of rotatable bonds is 9. The molecule has 116 valence electrons. The van der Waals surface area contributed by atoms with Crippen molar-refractivity contribution in [2.24, 2.45) is 0 Å². The third-order valence-electron chi connectivity index (χ3n) is 2.92. The summed E-state index contributed by atoms with van der Waals surface area (Å²) >= 11 is 0. The van der Waals surface area contributed by atoms with E-state index in [4.69, 9.17) is 14.9 Å². The van der Waals surface area contributed by atoms with Crippen LogP contribution in [0.4, 0.5) is 4.79 Å². The number of aliphatic hydroxyl groups excluding tert-OH is 1. The molecule has 1 unspecified atom stereocenters. The van der Waals surface area contributed by atoms with E-state index in [9.17, 15) is 9.59 Å². The number of amides is 1. The number of carboxylic acid groups (broad SMARTS) is 1. The summed E-state index contributed by atoms with van der Waals surface area (Å²) in [7, 11) is 0. The SMILES string of the molecule is O=C(NCCCCCC(O)C(=O)O)OCc1ccccc1. The molecule has 0 heterocycles. The van der Waals surface area contributed by atoms with E-state index >= 15 is 0 Å². The van der Waals surface area contributed by atoms with Gasteiger partial charge in [-0.1, -0.05) is 43.2 Å². The Balaban J connectivity index is 2.00. The first-order chi connectivity index (χ1) is 10.1. The molecule has 0 bridgehead atoms. The molecule has 0 spiro atoms. The number of ether oxygens (including phenoxy) is 1. The first kappa shape index (κ1) is 17.0. The molecule has 3 N–H and O–H groups in total. The van der Waals surface area contributed by atoms with E-state index in [0.29, 0.717) is 19.4 Å². The third kappa shape index (κ3) is 7.94. The van der Waals surface area contributed by atoms with Gasteiger partial charge in [0, 0.05) is 6.54 Å². The Morgan fingerprint density at radius 3 is 2.52 bits per heavy atom. The number of carbonyl (C=O) groups excluding carboxylic acids is 1. The average Bonchev–Trinajstić information content (AvgIpc) is 2.49. The van der Waals surface area contributed by atoms with Gasteiger partial charge in [-0.25, -0.2) is 9.59 Å². The highest BCUT2D eigenvalue weighted by Gasteiger charge is 2.11. The van der Waals surface area contributed by atoms with Crippen molar-refractivity contribution < 1.29 is 24.5 Å². The molecule has 6 nitrogen and oxygen atoms in total. The Hall–Kier alpha value is -2.08. The molecular weight excluding hydrogens is 274 g/mol. The molecule has 1 aromatic carbocycles. The van der Waals surface area contributed by atoms with Gasteiger partial charge in [-0.15, -0.1) is 0 Å². The molecule has 0 fully saturated rings. The predicted octanol–water partition coefficient (Wildman–Crippen LogP) is 1.92. The molecule has 1 amide bonds. The van der Waals surface area contributed by atoms with Crippen LogP contribution in [0.15, 0.2) is 30.3 Å². The van der Waals surface area contributed by atoms with E-state index in [1.54, 1.807) is 0 Å². The van der Waals surface area contributed by atoms with Crippen LogP contribution < -0.4 is 5.32 Å². The van der Waals surface area contributed by atoms with Gasteiger partial charge in [0.05, 0.1) is 0 Å². The second-order valence-electron chi connectivity index (χ2n) is 4.69. The van der Waals surface area contributed by atoms with Crippen LogP contribution >= 0.6 is 0 Å². The molecule has 6 heteroatoms. The second kappa shape index (κ2) is 9.77. The van der Waals surface area contributed by atoms with Gasteiger partial charge >= 0.3 is 12.1 Å². The van der Waals surface area contributed by atoms with Crippen LogP contribution in [-0.4, -0.2) is 34.9 Å². The number of hydrogen-bond acceptors (Lipinski definition) is 4. The normalized spacial score (nSPS) is 11.7. The lowest BCUT2D eigenvalue weighted by molar-refractivity contribution is -0.146. The molecule has 0 radical (unpaired) electrons.